The quantitative estimate of drug-likeness (QED) is 0.507. The third-order valence-electron chi connectivity index (χ3n) is 4.41. The molecule has 3 aromatic rings. The van der Waals surface area contributed by atoms with E-state index in [2.05, 4.69) is 35.4 Å². The lowest BCUT2D eigenvalue weighted by molar-refractivity contribution is -0.121. The highest BCUT2D eigenvalue weighted by Crippen LogP contribution is 2.22. The topological polar surface area (TPSA) is 51.2 Å². The normalized spacial score (nSPS) is 12.2. The molecule has 142 valence electrons. The van der Waals surface area contributed by atoms with Gasteiger partial charge in [0.05, 0.1) is 21.3 Å². The lowest BCUT2D eigenvalue weighted by atomic mass is 10.1. The van der Waals surface area contributed by atoms with Gasteiger partial charge in [-0.2, -0.15) is 0 Å². The molecule has 1 atom stereocenters. The van der Waals surface area contributed by atoms with E-state index in [0.717, 1.165) is 29.8 Å². The summed E-state index contributed by atoms with van der Waals surface area (Å²) in [4.78, 5) is 16.6. The average Bonchev–Trinajstić information content (AvgIpc) is 3.11. The third kappa shape index (κ3) is 6.15. The van der Waals surface area contributed by atoms with E-state index in [9.17, 15) is 4.79 Å². The summed E-state index contributed by atoms with van der Waals surface area (Å²) in [6, 6.07) is 18.3. The van der Waals surface area contributed by atoms with Gasteiger partial charge in [-0.3, -0.25) is 4.79 Å². The van der Waals surface area contributed by atoms with Crippen molar-refractivity contribution in [3.05, 3.63) is 65.2 Å². The second kappa shape index (κ2) is 10.2. The number of hydrogen-bond acceptors (Lipinski definition) is 4. The van der Waals surface area contributed by atoms with Gasteiger partial charge in [-0.1, -0.05) is 42.5 Å². The number of fused-ring (bicyclic) bond motifs is 1. The molecule has 1 N–H and O–H groups in total. The first-order valence-electron chi connectivity index (χ1n) is 9.50. The number of carbonyl (C=O) groups is 1. The Bertz CT molecular complexity index is 815. The van der Waals surface area contributed by atoms with E-state index in [0.29, 0.717) is 19.6 Å². The van der Waals surface area contributed by atoms with Crippen molar-refractivity contribution in [2.24, 2.45) is 0 Å². The fraction of sp³-hybridized carbons (Fsp3) is 0.364. The zero-order valence-electron chi connectivity index (χ0n) is 15.7. The molecule has 27 heavy (non-hydrogen) atoms. The third-order valence-corrected chi connectivity index (χ3v) is 5.51. The van der Waals surface area contributed by atoms with Gasteiger partial charge in [0.1, 0.15) is 0 Å². The van der Waals surface area contributed by atoms with Crippen molar-refractivity contribution in [2.45, 2.75) is 38.7 Å². The monoisotopic (exact) mass is 382 g/mol. The Labute approximate surface area is 164 Å². The molecule has 0 radical (unpaired) electrons. The minimum atomic E-state index is 0.0794. The fourth-order valence-corrected chi connectivity index (χ4v) is 3.90. The van der Waals surface area contributed by atoms with E-state index in [4.69, 9.17) is 4.74 Å². The van der Waals surface area contributed by atoms with Gasteiger partial charge in [0.2, 0.25) is 5.91 Å². The fourth-order valence-electron chi connectivity index (χ4n) is 2.90. The molecule has 1 amide bonds. The maximum absolute atomic E-state index is 12.0. The summed E-state index contributed by atoms with van der Waals surface area (Å²) >= 11 is 1.71. The highest BCUT2D eigenvalue weighted by molar-refractivity contribution is 7.18. The molecule has 0 aliphatic carbocycles. The van der Waals surface area contributed by atoms with Gasteiger partial charge in [0, 0.05) is 19.6 Å². The van der Waals surface area contributed by atoms with Crippen LogP contribution >= 0.6 is 11.3 Å². The molecule has 4 nitrogen and oxygen atoms in total. The molecule has 0 bridgehead atoms. The summed E-state index contributed by atoms with van der Waals surface area (Å²) in [5, 5.41) is 4.08. The smallest absolute Gasteiger partial charge is 0.220 e. The first kappa shape index (κ1) is 19.5. The van der Waals surface area contributed by atoms with Gasteiger partial charge in [0.25, 0.3) is 0 Å². The Hall–Kier alpha value is -2.24. The number of para-hydroxylation sites is 1. The van der Waals surface area contributed by atoms with Crippen LogP contribution < -0.4 is 5.32 Å². The summed E-state index contributed by atoms with van der Waals surface area (Å²) in [5.41, 5.74) is 2.23. The molecule has 1 heterocycles. The molecule has 0 aliphatic rings. The minimum Gasteiger partial charge on any atom is -0.374 e. The van der Waals surface area contributed by atoms with Crippen LogP contribution in [0.4, 0.5) is 0 Å². The molecule has 5 heteroatoms. The number of ether oxygens (including phenoxy) is 1. The van der Waals surface area contributed by atoms with E-state index < -0.39 is 0 Å². The number of amides is 1. The molecule has 1 unspecified atom stereocenters. The highest BCUT2D eigenvalue weighted by atomic mass is 32.1. The number of thiazole rings is 1. The second-order valence-corrected chi connectivity index (χ2v) is 7.67. The average molecular weight is 383 g/mol. The first-order chi connectivity index (χ1) is 13.2. The molecule has 3 rings (SSSR count). The van der Waals surface area contributed by atoms with Gasteiger partial charge in [-0.05, 0) is 43.9 Å². The maximum atomic E-state index is 12.0. The number of nitrogens with zero attached hydrogens (tertiary/aromatic N) is 1. The molecule has 0 saturated carbocycles. The predicted molar refractivity (Wildman–Crippen MR) is 111 cm³/mol. The minimum absolute atomic E-state index is 0.0794. The standard InChI is InChI=1S/C22H26N2O2S/c1-17(18-9-3-2-4-10-18)26-16-8-15-23-21(25)13-7-14-22-24-19-11-5-6-12-20(19)27-22/h2-6,9-12,17H,7-8,13-16H2,1H3,(H,23,25). The van der Waals surface area contributed by atoms with Gasteiger partial charge in [0.15, 0.2) is 0 Å². The van der Waals surface area contributed by atoms with Crippen molar-refractivity contribution in [2.75, 3.05) is 13.2 Å². The molecule has 2 aromatic carbocycles. The maximum Gasteiger partial charge on any atom is 0.220 e. The summed E-state index contributed by atoms with van der Waals surface area (Å²) in [7, 11) is 0. The Morgan fingerprint density at radius 1 is 1.11 bits per heavy atom. The molecule has 0 spiro atoms. The molecule has 0 saturated heterocycles. The SMILES string of the molecule is CC(OCCCNC(=O)CCCc1nc2ccccc2s1)c1ccccc1. The van der Waals surface area contributed by atoms with Crippen molar-refractivity contribution in [1.82, 2.24) is 10.3 Å². The van der Waals surface area contributed by atoms with E-state index in [1.807, 2.05) is 36.4 Å². The van der Waals surface area contributed by atoms with Crippen molar-refractivity contribution in [1.29, 1.82) is 0 Å². The zero-order chi connectivity index (χ0) is 18.9. The lowest BCUT2D eigenvalue weighted by Crippen LogP contribution is -2.25. The number of hydrogen-bond donors (Lipinski definition) is 1. The highest BCUT2D eigenvalue weighted by Gasteiger charge is 2.07. The van der Waals surface area contributed by atoms with Crippen LogP contribution in [0.15, 0.2) is 54.6 Å². The Kier molecular flexibility index (Phi) is 7.36. The Balaban J connectivity index is 1.26. The number of rotatable bonds is 10. The summed E-state index contributed by atoms with van der Waals surface area (Å²) in [6.45, 7) is 3.35. The van der Waals surface area contributed by atoms with Gasteiger partial charge in [-0.15, -0.1) is 11.3 Å². The van der Waals surface area contributed by atoms with Crippen LogP contribution in [0.3, 0.4) is 0 Å². The molecular weight excluding hydrogens is 356 g/mol. The van der Waals surface area contributed by atoms with Crippen molar-refractivity contribution >= 4 is 27.5 Å². The first-order valence-corrected chi connectivity index (χ1v) is 10.3. The van der Waals surface area contributed by atoms with Crippen molar-refractivity contribution in [3.63, 3.8) is 0 Å². The van der Waals surface area contributed by atoms with Crippen LogP contribution in [0.25, 0.3) is 10.2 Å². The number of nitrogens with one attached hydrogen (secondary N) is 1. The van der Waals surface area contributed by atoms with Crippen LogP contribution in [-0.2, 0) is 16.0 Å². The van der Waals surface area contributed by atoms with E-state index in [1.54, 1.807) is 11.3 Å². The Morgan fingerprint density at radius 3 is 2.70 bits per heavy atom. The van der Waals surface area contributed by atoms with E-state index in [-0.39, 0.29) is 12.0 Å². The molecular formula is C22H26N2O2S. The number of carbonyl (C=O) groups excluding carboxylic acids is 1. The van der Waals surface area contributed by atoms with Gasteiger partial charge < -0.3 is 10.1 Å². The van der Waals surface area contributed by atoms with E-state index >= 15 is 0 Å². The number of benzene rings is 2. The van der Waals surface area contributed by atoms with Gasteiger partial charge >= 0.3 is 0 Å². The predicted octanol–water partition coefficient (Wildman–Crippen LogP) is 4.90. The van der Waals surface area contributed by atoms with Crippen molar-refractivity contribution in [3.8, 4) is 0 Å². The van der Waals surface area contributed by atoms with Crippen LogP contribution in [0.5, 0.6) is 0 Å². The van der Waals surface area contributed by atoms with Crippen LogP contribution in [-0.4, -0.2) is 24.0 Å². The number of aryl methyl sites for hydroxylation is 1. The summed E-state index contributed by atoms with van der Waals surface area (Å²) in [6.07, 6.45) is 3.12. The zero-order valence-corrected chi connectivity index (χ0v) is 16.5. The molecule has 1 aromatic heterocycles. The molecule has 0 fully saturated rings. The largest absolute Gasteiger partial charge is 0.374 e. The molecule has 0 aliphatic heterocycles. The van der Waals surface area contributed by atoms with Crippen LogP contribution in [0.2, 0.25) is 0 Å². The summed E-state index contributed by atoms with van der Waals surface area (Å²) < 4.78 is 7.03. The van der Waals surface area contributed by atoms with Crippen molar-refractivity contribution < 1.29 is 9.53 Å². The lowest BCUT2D eigenvalue weighted by Gasteiger charge is -2.13. The summed E-state index contributed by atoms with van der Waals surface area (Å²) in [5.74, 6) is 0.104. The van der Waals surface area contributed by atoms with E-state index in [1.165, 1.54) is 10.3 Å². The van der Waals surface area contributed by atoms with Crippen LogP contribution in [0, 0.1) is 0 Å². The second-order valence-electron chi connectivity index (χ2n) is 6.56. The Morgan fingerprint density at radius 2 is 1.89 bits per heavy atom. The number of aromatic nitrogens is 1. The van der Waals surface area contributed by atoms with Crippen LogP contribution in [0.1, 0.15) is 42.9 Å². The van der Waals surface area contributed by atoms with Gasteiger partial charge in [-0.25, -0.2) is 4.98 Å².